The Bertz CT molecular complexity index is 1250. The molecule has 3 aromatic carbocycles. The van der Waals surface area contributed by atoms with Gasteiger partial charge in [0.2, 0.25) is 5.91 Å². The molecular weight excluding hydrogens is 486 g/mol. The van der Waals surface area contributed by atoms with E-state index >= 15 is 0 Å². The number of carbonyl (C=O) groups is 1. The van der Waals surface area contributed by atoms with Crippen LogP contribution in [0.25, 0.3) is 10.4 Å². The van der Waals surface area contributed by atoms with Gasteiger partial charge in [0.25, 0.3) is 0 Å². The zero-order chi connectivity index (χ0) is 24.9. The molecule has 1 aliphatic rings. The smallest absolute Gasteiger partial charge is 0.239 e. The molecule has 4 aromatic rings. The second-order valence-electron chi connectivity index (χ2n) is 9.17. The Labute approximate surface area is 221 Å². The van der Waals surface area contributed by atoms with Gasteiger partial charge in [-0.2, -0.15) is 0 Å². The first-order chi connectivity index (χ1) is 17.6. The molecule has 6 heteroatoms. The van der Waals surface area contributed by atoms with Crippen molar-refractivity contribution < 1.29 is 4.79 Å². The molecule has 2 N–H and O–H groups in total. The monoisotopic (exact) mass is 515 g/mol. The molecule has 1 saturated heterocycles. The third-order valence-corrected chi connectivity index (χ3v) is 8.12. The summed E-state index contributed by atoms with van der Waals surface area (Å²) in [4.78, 5) is 19.9. The quantitative estimate of drug-likeness (QED) is 0.335. The number of hydrogen-bond donors (Lipinski definition) is 1. The molecule has 1 aliphatic heterocycles. The van der Waals surface area contributed by atoms with E-state index in [1.165, 1.54) is 11.1 Å². The Morgan fingerprint density at radius 2 is 1.47 bits per heavy atom. The fraction of sp³-hybridized carbons (Fsp3) is 0.233. The zero-order valence-electron chi connectivity index (χ0n) is 20.1. The van der Waals surface area contributed by atoms with E-state index in [1.807, 2.05) is 29.2 Å². The lowest BCUT2D eigenvalue weighted by Gasteiger charge is -2.40. The second-order valence-corrected chi connectivity index (χ2v) is 10.8. The summed E-state index contributed by atoms with van der Waals surface area (Å²) in [6.07, 6.45) is 0.543. The Hall–Kier alpha value is -2.96. The minimum atomic E-state index is -0.540. The van der Waals surface area contributed by atoms with Gasteiger partial charge in [0.05, 0.1) is 12.1 Å². The molecule has 1 aromatic heterocycles. The van der Waals surface area contributed by atoms with E-state index < -0.39 is 6.04 Å². The van der Waals surface area contributed by atoms with Crippen LogP contribution in [0.4, 0.5) is 0 Å². The number of nitrogens with zero attached hydrogens (tertiary/aromatic N) is 2. The maximum Gasteiger partial charge on any atom is 0.239 e. The third kappa shape index (κ3) is 5.71. The van der Waals surface area contributed by atoms with Crippen molar-refractivity contribution in [2.75, 3.05) is 26.2 Å². The van der Waals surface area contributed by atoms with Crippen molar-refractivity contribution in [1.82, 2.24) is 9.80 Å². The molecule has 36 heavy (non-hydrogen) atoms. The predicted octanol–water partition coefficient (Wildman–Crippen LogP) is 5.87. The SMILES string of the molecule is NC(Cc1ccc(-c2cccc(Cl)c2)s1)C(=O)N1CCN(C(c2ccccc2)c2ccccc2)CC1. The molecule has 0 aliphatic carbocycles. The van der Waals surface area contributed by atoms with Crippen molar-refractivity contribution in [3.63, 3.8) is 0 Å². The number of benzene rings is 3. The van der Waals surface area contributed by atoms with Gasteiger partial charge in [0.1, 0.15) is 0 Å². The Morgan fingerprint density at radius 1 is 0.833 bits per heavy atom. The van der Waals surface area contributed by atoms with Crippen molar-refractivity contribution >= 4 is 28.8 Å². The third-order valence-electron chi connectivity index (χ3n) is 6.73. The van der Waals surface area contributed by atoms with Crippen LogP contribution < -0.4 is 5.73 Å². The van der Waals surface area contributed by atoms with Gasteiger partial charge in [-0.3, -0.25) is 9.69 Å². The highest BCUT2D eigenvalue weighted by atomic mass is 35.5. The molecular formula is C30H30ClN3OS. The normalized spacial score (nSPS) is 15.2. The molecule has 1 unspecified atom stereocenters. The van der Waals surface area contributed by atoms with E-state index in [0.29, 0.717) is 19.5 Å². The lowest BCUT2D eigenvalue weighted by atomic mass is 9.96. The van der Waals surface area contributed by atoms with Crippen molar-refractivity contribution in [2.24, 2.45) is 5.73 Å². The van der Waals surface area contributed by atoms with Crippen LogP contribution in [0.2, 0.25) is 5.02 Å². The fourth-order valence-electron chi connectivity index (χ4n) is 4.91. The molecule has 0 saturated carbocycles. The summed E-state index contributed by atoms with van der Waals surface area (Å²) in [5.41, 5.74) is 10.0. The minimum absolute atomic E-state index is 0.0309. The Kier molecular flexibility index (Phi) is 7.83. The number of halogens is 1. The average molecular weight is 516 g/mol. The first-order valence-electron chi connectivity index (χ1n) is 12.3. The summed E-state index contributed by atoms with van der Waals surface area (Å²) in [6, 6.07) is 32.8. The van der Waals surface area contributed by atoms with Crippen LogP contribution in [0.15, 0.2) is 97.1 Å². The number of rotatable bonds is 7. The fourth-order valence-corrected chi connectivity index (χ4v) is 6.16. The molecule has 0 bridgehead atoms. The number of carbonyl (C=O) groups excluding carboxylic acids is 1. The van der Waals surface area contributed by atoms with Crippen LogP contribution in [0.1, 0.15) is 22.0 Å². The summed E-state index contributed by atoms with van der Waals surface area (Å²) >= 11 is 7.81. The van der Waals surface area contributed by atoms with E-state index in [0.717, 1.165) is 33.4 Å². The molecule has 1 atom stereocenters. The lowest BCUT2D eigenvalue weighted by molar-refractivity contribution is -0.134. The van der Waals surface area contributed by atoms with Crippen LogP contribution in [-0.2, 0) is 11.2 Å². The van der Waals surface area contributed by atoms with Crippen LogP contribution in [0.3, 0.4) is 0 Å². The van der Waals surface area contributed by atoms with Crippen LogP contribution >= 0.6 is 22.9 Å². The first kappa shape index (κ1) is 24.7. The standard InChI is InChI=1S/C30H30ClN3OS/c31-25-13-7-12-24(20-25)28-15-14-26(36-28)21-27(32)30(35)34-18-16-33(17-19-34)29(22-8-3-1-4-9-22)23-10-5-2-6-11-23/h1-15,20,27,29H,16-19,21,32H2. The predicted molar refractivity (Wildman–Crippen MR) is 149 cm³/mol. The van der Waals surface area contributed by atoms with Gasteiger partial charge < -0.3 is 10.6 Å². The number of hydrogen-bond acceptors (Lipinski definition) is 4. The lowest BCUT2D eigenvalue weighted by Crippen LogP contribution is -2.54. The maximum absolute atomic E-state index is 13.2. The van der Waals surface area contributed by atoms with Crippen molar-refractivity contribution in [1.29, 1.82) is 0 Å². The number of nitrogens with two attached hydrogens (primary N) is 1. The summed E-state index contributed by atoms with van der Waals surface area (Å²) in [6.45, 7) is 2.98. The highest BCUT2D eigenvalue weighted by molar-refractivity contribution is 7.15. The highest BCUT2D eigenvalue weighted by Gasteiger charge is 2.30. The van der Waals surface area contributed by atoms with Gasteiger partial charge >= 0.3 is 0 Å². The molecule has 5 rings (SSSR count). The van der Waals surface area contributed by atoms with Crippen LogP contribution in [0, 0.1) is 0 Å². The van der Waals surface area contributed by atoms with E-state index in [1.54, 1.807) is 11.3 Å². The van der Waals surface area contributed by atoms with Gasteiger partial charge in [-0.15, -0.1) is 11.3 Å². The van der Waals surface area contributed by atoms with Gasteiger partial charge in [-0.1, -0.05) is 84.4 Å². The van der Waals surface area contributed by atoms with Crippen molar-refractivity contribution in [3.05, 3.63) is 118 Å². The topological polar surface area (TPSA) is 49.6 Å². The Balaban J connectivity index is 1.21. The van der Waals surface area contributed by atoms with Crippen molar-refractivity contribution in [2.45, 2.75) is 18.5 Å². The van der Waals surface area contributed by atoms with E-state index in [2.05, 4.69) is 77.7 Å². The molecule has 184 valence electrons. The first-order valence-corrected chi connectivity index (χ1v) is 13.5. The summed E-state index contributed by atoms with van der Waals surface area (Å²) in [5.74, 6) is 0.0309. The number of thiophene rings is 1. The summed E-state index contributed by atoms with van der Waals surface area (Å²) in [5, 5.41) is 0.718. The summed E-state index contributed by atoms with van der Waals surface area (Å²) in [7, 11) is 0. The van der Waals surface area contributed by atoms with E-state index in [-0.39, 0.29) is 11.9 Å². The van der Waals surface area contributed by atoms with E-state index in [9.17, 15) is 4.79 Å². The largest absolute Gasteiger partial charge is 0.339 e. The molecule has 4 nitrogen and oxygen atoms in total. The molecule has 1 amide bonds. The van der Waals surface area contributed by atoms with Crippen molar-refractivity contribution in [3.8, 4) is 10.4 Å². The number of piperazine rings is 1. The van der Waals surface area contributed by atoms with Gasteiger partial charge in [-0.05, 0) is 41.0 Å². The molecule has 0 radical (unpaired) electrons. The summed E-state index contributed by atoms with van der Waals surface area (Å²) < 4.78 is 0. The van der Waals surface area contributed by atoms with Gasteiger partial charge in [0, 0.05) is 47.4 Å². The number of amides is 1. The van der Waals surface area contributed by atoms with Crippen LogP contribution in [-0.4, -0.2) is 47.9 Å². The molecule has 2 heterocycles. The maximum atomic E-state index is 13.2. The van der Waals surface area contributed by atoms with E-state index in [4.69, 9.17) is 17.3 Å². The van der Waals surface area contributed by atoms with Gasteiger partial charge in [0.15, 0.2) is 0 Å². The Morgan fingerprint density at radius 3 is 2.08 bits per heavy atom. The average Bonchev–Trinajstić information content (AvgIpc) is 3.39. The highest BCUT2D eigenvalue weighted by Crippen LogP contribution is 2.31. The molecule has 0 spiro atoms. The van der Waals surface area contributed by atoms with Gasteiger partial charge in [-0.25, -0.2) is 0 Å². The molecule has 1 fully saturated rings. The van der Waals surface area contributed by atoms with Crippen LogP contribution in [0.5, 0.6) is 0 Å². The second kappa shape index (κ2) is 11.4. The minimum Gasteiger partial charge on any atom is -0.339 e. The zero-order valence-corrected chi connectivity index (χ0v) is 21.7.